The highest BCUT2D eigenvalue weighted by atomic mass is 31.1. The summed E-state index contributed by atoms with van der Waals surface area (Å²) >= 11 is 0. The molecule has 52 heavy (non-hydrogen) atoms. The van der Waals surface area contributed by atoms with E-state index >= 15 is 0 Å². The minimum absolute atomic E-state index is 0.277. The zero-order chi connectivity index (χ0) is 36.3. The molecule has 3 saturated carbocycles. The first kappa shape index (κ1) is 37.2. The third-order valence-corrected chi connectivity index (χ3v) is 22.2. The van der Waals surface area contributed by atoms with Crippen LogP contribution in [0.3, 0.4) is 0 Å². The Labute approximate surface area is 320 Å². The molecule has 0 nitrogen and oxygen atoms in total. The van der Waals surface area contributed by atoms with Crippen LogP contribution < -0.4 is 10.6 Å². The molecule has 8 atom stereocenters. The SMILES string of the molecule is CC(P(C(C)(C)C)C(C)(C)C)C12CCCC1P(c1cccc3ccccc13)c1cccc3cccc(c13)[C@@H]1CCC(C1)C1CCCCCCC2CC1. The minimum atomic E-state index is -0.634. The number of fused-ring (bicyclic) bond motifs is 10. The van der Waals surface area contributed by atoms with Gasteiger partial charge in [0.25, 0.3) is 0 Å². The van der Waals surface area contributed by atoms with Gasteiger partial charge < -0.3 is 0 Å². The molecule has 3 aliphatic carbocycles. The van der Waals surface area contributed by atoms with Crippen LogP contribution >= 0.6 is 15.8 Å². The van der Waals surface area contributed by atoms with Gasteiger partial charge in [-0.3, -0.25) is 0 Å². The fourth-order valence-corrected chi connectivity index (χ4v) is 22.8. The summed E-state index contributed by atoms with van der Waals surface area (Å²) in [6.07, 6.45) is 20.2. The van der Waals surface area contributed by atoms with E-state index in [1.807, 2.05) is 0 Å². The van der Waals surface area contributed by atoms with Crippen molar-refractivity contribution in [1.82, 2.24) is 0 Å². The molecule has 7 unspecified atom stereocenters. The maximum absolute atomic E-state index is 2.84. The second-order valence-electron chi connectivity index (χ2n) is 19.8. The fourth-order valence-electron chi connectivity index (χ4n) is 13.5. The molecule has 3 fully saturated rings. The average Bonchev–Trinajstić information content (AvgIpc) is 3.78. The predicted octanol–water partition coefficient (Wildman–Crippen LogP) is 14.7. The molecule has 0 saturated heterocycles. The van der Waals surface area contributed by atoms with Gasteiger partial charge in [-0.05, 0) is 148 Å². The predicted molar refractivity (Wildman–Crippen MR) is 234 cm³/mol. The Morgan fingerprint density at radius 3 is 2.04 bits per heavy atom. The lowest BCUT2D eigenvalue weighted by atomic mass is 9.65. The molecule has 1 heterocycles. The molecule has 0 radical (unpaired) electrons. The standard InChI is InChI=1S/C50H68P2/c1-35(52(48(2,3)4)49(5,6)7)50-33-17-28-46(50)51(44-26-15-20-37-19-12-13-24-42(37)44)45-27-16-22-38-21-14-25-43(47(38)45)40-30-29-39(34-40)36-18-10-8-9-11-23-41(50)32-31-36/h12-16,19-22,24-27,35-36,39-41,46H,8-11,17-18,23,28-34H2,1-7H3/t35?,36?,39?,40-,41?,46?,50?,51?/m1/s1. The van der Waals surface area contributed by atoms with Crippen molar-refractivity contribution in [2.75, 3.05) is 0 Å². The van der Waals surface area contributed by atoms with Crippen LogP contribution in [0.15, 0.2) is 78.9 Å². The van der Waals surface area contributed by atoms with E-state index in [9.17, 15) is 0 Å². The molecular formula is C50H68P2. The Bertz CT molecular complexity index is 1830. The summed E-state index contributed by atoms with van der Waals surface area (Å²) in [4.78, 5) is 0. The molecule has 0 N–H and O–H groups in total. The van der Waals surface area contributed by atoms with E-state index < -0.39 is 7.92 Å². The summed E-state index contributed by atoms with van der Waals surface area (Å²) in [5, 5.41) is 10.1. The van der Waals surface area contributed by atoms with Gasteiger partial charge in [-0.1, -0.05) is 174 Å². The summed E-state index contributed by atoms with van der Waals surface area (Å²) in [6.45, 7) is 18.5. The van der Waals surface area contributed by atoms with Gasteiger partial charge in [-0.15, -0.1) is 0 Å². The van der Waals surface area contributed by atoms with Gasteiger partial charge >= 0.3 is 0 Å². The van der Waals surface area contributed by atoms with Crippen molar-refractivity contribution in [3.05, 3.63) is 84.4 Å². The Balaban J connectivity index is 1.46. The molecule has 4 aromatic rings. The molecule has 1 aliphatic heterocycles. The monoisotopic (exact) mass is 730 g/mol. The molecule has 0 spiro atoms. The lowest BCUT2D eigenvalue weighted by molar-refractivity contribution is 0.123. The zero-order valence-corrected chi connectivity index (χ0v) is 35.6. The van der Waals surface area contributed by atoms with E-state index in [0.717, 1.165) is 23.4 Å². The Morgan fingerprint density at radius 1 is 0.615 bits per heavy atom. The van der Waals surface area contributed by atoms with E-state index in [1.165, 1.54) is 106 Å². The zero-order valence-electron chi connectivity index (χ0n) is 33.8. The van der Waals surface area contributed by atoms with Crippen molar-refractivity contribution >= 4 is 48.0 Å². The Hall–Kier alpha value is -1.74. The lowest BCUT2D eigenvalue weighted by Crippen LogP contribution is -2.50. The van der Waals surface area contributed by atoms with Crippen LogP contribution in [0.1, 0.15) is 150 Å². The van der Waals surface area contributed by atoms with E-state index in [4.69, 9.17) is 0 Å². The Kier molecular flexibility index (Phi) is 10.5. The number of benzene rings is 4. The molecule has 4 bridgehead atoms. The van der Waals surface area contributed by atoms with Crippen molar-refractivity contribution in [3.8, 4) is 0 Å². The maximum atomic E-state index is 2.84. The van der Waals surface area contributed by atoms with Crippen LogP contribution in [0.25, 0.3) is 21.5 Å². The highest BCUT2D eigenvalue weighted by Crippen LogP contribution is 2.74. The van der Waals surface area contributed by atoms with Crippen molar-refractivity contribution < 1.29 is 0 Å². The maximum Gasteiger partial charge on any atom is -0.00632 e. The van der Waals surface area contributed by atoms with Crippen molar-refractivity contribution in [2.24, 2.45) is 23.2 Å². The first-order valence-corrected chi connectivity index (χ1v) is 24.4. The fraction of sp³-hybridized carbons (Fsp3) is 0.600. The van der Waals surface area contributed by atoms with Crippen molar-refractivity contribution in [3.63, 3.8) is 0 Å². The second kappa shape index (κ2) is 14.7. The van der Waals surface area contributed by atoms with Gasteiger partial charge in [-0.2, -0.15) is 0 Å². The smallest absolute Gasteiger partial charge is 0.00632 e. The van der Waals surface area contributed by atoms with Gasteiger partial charge in [0.1, 0.15) is 0 Å². The van der Waals surface area contributed by atoms with Crippen molar-refractivity contribution in [1.29, 1.82) is 0 Å². The largest absolute Gasteiger partial charge is 0.0921 e. The third-order valence-electron chi connectivity index (χ3n) is 14.9. The molecule has 4 aromatic carbocycles. The Morgan fingerprint density at radius 2 is 1.27 bits per heavy atom. The highest BCUT2D eigenvalue weighted by Gasteiger charge is 2.58. The molecule has 8 rings (SSSR count). The number of rotatable bonds is 3. The number of hydrogen-bond acceptors (Lipinski definition) is 0. The quantitative estimate of drug-likeness (QED) is 0.184. The van der Waals surface area contributed by atoms with Crippen LogP contribution in [0, 0.1) is 23.2 Å². The molecule has 4 aliphatic rings. The third kappa shape index (κ3) is 6.66. The first-order valence-electron chi connectivity index (χ1n) is 21.6. The van der Waals surface area contributed by atoms with Crippen LogP contribution in [0.4, 0.5) is 0 Å². The van der Waals surface area contributed by atoms with Gasteiger partial charge in [0.15, 0.2) is 0 Å². The minimum Gasteiger partial charge on any atom is -0.0921 e. The highest BCUT2D eigenvalue weighted by molar-refractivity contribution is 7.74. The topological polar surface area (TPSA) is 0 Å². The lowest BCUT2D eigenvalue weighted by Gasteiger charge is -2.57. The normalized spacial score (nSPS) is 30.8. The summed E-state index contributed by atoms with van der Waals surface area (Å²) in [5.41, 5.74) is 3.46. The molecular weight excluding hydrogens is 662 g/mol. The van der Waals surface area contributed by atoms with Gasteiger partial charge in [0.2, 0.25) is 0 Å². The summed E-state index contributed by atoms with van der Waals surface area (Å²) < 4.78 is 0. The van der Waals surface area contributed by atoms with Gasteiger partial charge in [-0.25, -0.2) is 0 Å². The average molecular weight is 731 g/mol. The van der Waals surface area contributed by atoms with Crippen LogP contribution in [0.2, 0.25) is 0 Å². The van der Waals surface area contributed by atoms with E-state index in [-0.39, 0.29) is 7.92 Å². The van der Waals surface area contributed by atoms with Crippen molar-refractivity contribution in [2.45, 2.75) is 166 Å². The van der Waals surface area contributed by atoms with E-state index in [2.05, 4.69) is 127 Å². The van der Waals surface area contributed by atoms with Crippen LogP contribution in [0.5, 0.6) is 0 Å². The van der Waals surface area contributed by atoms with E-state index in [0.29, 0.717) is 27.3 Å². The second-order valence-corrected chi connectivity index (χ2v) is 26.3. The number of hydrogen-bond donors (Lipinski definition) is 0. The van der Waals surface area contributed by atoms with Crippen LogP contribution in [-0.2, 0) is 0 Å². The van der Waals surface area contributed by atoms with Gasteiger partial charge in [0, 0.05) is 0 Å². The van der Waals surface area contributed by atoms with Crippen LogP contribution in [-0.4, -0.2) is 21.6 Å². The summed E-state index contributed by atoms with van der Waals surface area (Å²) in [7, 11) is -0.911. The van der Waals surface area contributed by atoms with Gasteiger partial charge in [0.05, 0.1) is 0 Å². The van der Waals surface area contributed by atoms with E-state index in [1.54, 1.807) is 21.6 Å². The molecule has 0 aromatic heterocycles. The summed E-state index contributed by atoms with van der Waals surface area (Å²) in [5.74, 6) is 3.34. The molecule has 2 heteroatoms. The molecule has 0 amide bonds. The first-order chi connectivity index (χ1) is 25.0. The summed E-state index contributed by atoms with van der Waals surface area (Å²) in [6, 6.07) is 31.9. The molecule has 278 valence electrons.